The molecule has 0 aliphatic rings. The third-order valence-corrected chi connectivity index (χ3v) is 8.05. The van der Waals surface area contributed by atoms with E-state index in [1.54, 1.807) is 0 Å². The van der Waals surface area contributed by atoms with E-state index < -0.39 is 31.5 Å². The first-order valence-electron chi connectivity index (χ1n) is 9.15. The van der Waals surface area contributed by atoms with Crippen molar-refractivity contribution < 1.29 is 42.6 Å². The predicted molar refractivity (Wildman–Crippen MR) is 114 cm³/mol. The fraction of sp³-hybridized carbons (Fsp3) is 0. The second kappa shape index (κ2) is 11.0. The molecule has 0 heterocycles. The SMILES string of the molecule is O[Si](c1ccccc1)(c1ccccc1)c1ccccc1.Oc1cc(F)c(F)c(F)c1.[Zn]. The Morgan fingerprint density at radius 2 is 0.839 bits per heavy atom. The maximum atomic E-state index is 12.1. The van der Waals surface area contributed by atoms with Crippen molar-refractivity contribution in [1.82, 2.24) is 0 Å². The van der Waals surface area contributed by atoms with Crippen LogP contribution < -0.4 is 15.6 Å². The topological polar surface area (TPSA) is 40.5 Å². The van der Waals surface area contributed by atoms with Crippen LogP contribution in [-0.4, -0.2) is 18.2 Å². The third kappa shape index (κ3) is 5.70. The summed E-state index contributed by atoms with van der Waals surface area (Å²) in [6.45, 7) is 0. The standard InChI is InChI=1S/C18H16OSi.C6H3F3O.Zn/c19-20(16-10-4-1-5-11-16,17-12-6-2-7-13-17)18-14-8-3-9-15-18;7-4-1-3(10)2-5(8)6(4)9;/h1-15,19H;1-2,10H;. The van der Waals surface area contributed by atoms with Gasteiger partial charge in [0, 0.05) is 31.6 Å². The van der Waals surface area contributed by atoms with Crippen LogP contribution in [0.2, 0.25) is 0 Å². The average molecular weight is 490 g/mol. The Kier molecular flexibility index (Phi) is 8.75. The summed E-state index contributed by atoms with van der Waals surface area (Å²) in [6, 6.07) is 31.0. The minimum absolute atomic E-state index is 0. The summed E-state index contributed by atoms with van der Waals surface area (Å²) in [5, 5.41) is 11.5. The van der Waals surface area contributed by atoms with E-state index in [0.717, 1.165) is 15.6 Å². The Hall–Kier alpha value is -2.73. The Balaban J connectivity index is 0.000000264. The van der Waals surface area contributed by atoms with Crippen LogP contribution in [-0.2, 0) is 19.5 Å². The molecule has 0 atom stereocenters. The van der Waals surface area contributed by atoms with Gasteiger partial charge in [-0.25, -0.2) is 13.2 Å². The van der Waals surface area contributed by atoms with E-state index in [9.17, 15) is 18.0 Å². The van der Waals surface area contributed by atoms with Crippen LogP contribution in [0, 0.1) is 17.5 Å². The molecule has 0 aliphatic heterocycles. The van der Waals surface area contributed by atoms with E-state index in [1.165, 1.54) is 0 Å². The van der Waals surface area contributed by atoms with Crippen molar-refractivity contribution >= 4 is 23.9 Å². The first-order chi connectivity index (χ1) is 14.4. The summed E-state index contributed by atoms with van der Waals surface area (Å²) in [5.41, 5.74) is 0. The zero-order valence-corrected chi connectivity index (χ0v) is 20.5. The molecular formula is C24H19F3O2SiZn. The summed E-state index contributed by atoms with van der Waals surface area (Å²) in [6.07, 6.45) is 0. The molecule has 0 aromatic heterocycles. The van der Waals surface area contributed by atoms with Crippen LogP contribution in [0.1, 0.15) is 0 Å². The van der Waals surface area contributed by atoms with Crippen LogP contribution >= 0.6 is 0 Å². The van der Waals surface area contributed by atoms with Gasteiger partial charge in [-0.1, -0.05) is 91.0 Å². The number of phenolic OH excluding ortho intramolecular Hbond substituents is 1. The Bertz CT molecular complexity index is 978. The molecule has 4 rings (SSSR count). The van der Waals surface area contributed by atoms with Gasteiger partial charge in [0.25, 0.3) is 8.32 Å². The van der Waals surface area contributed by atoms with Crippen LogP contribution in [0.5, 0.6) is 5.75 Å². The van der Waals surface area contributed by atoms with Gasteiger partial charge < -0.3 is 9.90 Å². The molecule has 0 saturated heterocycles. The van der Waals surface area contributed by atoms with Gasteiger partial charge in [-0.15, -0.1) is 0 Å². The molecule has 0 radical (unpaired) electrons. The molecule has 154 valence electrons. The number of rotatable bonds is 3. The first kappa shape index (κ1) is 24.5. The molecule has 4 aromatic rings. The maximum Gasteiger partial charge on any atom is 0.285 e. The number of halogens is 3. The molecule has 31 heavy (non-hydrogen) atoms. The van der Waals surface area contributed by atoms with E-state index in [2.05, 4.69) is 0 Å². The second-order valence-electron chi connectivity index (χ2n) is 6.53. The van der Waals surface area contributed by atoms with E-state index in [-0.39, 0.29) is 19.5 Å². The van der Waals surface area contributed by atoms with Crippen molar-refractivity contribution in [3.63, 3.8) is 0 Å². The van der Waals surface area contributed by atoms with E-state index in [1.807, 2.05) is 91.0 Å². The molecule has 0 amide bonds. The first-order valence-corrected chi connectivity index (χ1v) is 11.1. The summed E-state index contributed by atoms with van der Waals surface area (Å²) in [4.78, 5) is 11.6. The Morgan fingerprint density at radius 1 is 0.548 bits per heavy atom. The van der Waals surface area contributed by atoms with E-state index in [0.29, 0.717) is 12.1 Å². The van der Waals surface area contributed by atoms with Gasteiger partial charge in [-0.3, -0.25) is 0 Å². The van der Waals surface area contributed by atoms with Crippen molar-refractivity contribution in [2.75, 3.05) is 0 Å². The van der Waals surface area contributed by atoms with Crippen LogP contribution in [0.3, 0.4) is 0 Å². The van der Waals surface area contributed by atoms with Crippen molar-refractivity contribution in [1.29, 1.82) is 0 Å². The van der Waals surface area contributed by atoms with Gasteiger partial charge in [0.1, 0.15) is 5.75 Å². The van der Waals surface area contributed by atoms with Crippen molar-refractivity contribution in [2.45, 2.75) is 0 Å². The summed E-state index contributed by atoms with van der Waals surface area (Å²) in [5.74, 6) is -4.98. The molecule has 2 nitrogen and oxygen atoms in total. The zero-order chi connectivity index (χ0) is 21.6. The number of phenols is 1. The summed E-state index contributed by atoms with van der Waals surface area (Å²) in [7, 11) is -2.88. The van der Waals surface area contributed by atoms with E-state index in [4.69, 9.17) is 5.11 Å². The molecule has 0 unspecified atom stereocenters. The minimum atomic E-state index is -2.88. The van der Waals surface area contributed by atoms with E-state index >= 15 is 0 Å². The monoisotopic (exact) mass is 488 g/mol. The molecule has 0 saturated carbocycles. The Morgan fingerprint density at radius 3 is 1.13 bits per heavy atom. The van der Waals surface area contributed by atoms with Gasteiger partial charge in [0.2, 0.25) is 0 Å². The molecule has 0 spiro atoms. The number of benzene rings is 4. The molecule has 0 fully saturated rings. The fourth-order valence-electron chi connectivity index (χ4n) is 3.08. The van der Waals surface area contributed by atoms with Crippen molar-refractivity contribution in [2.24, 2.45) is 0 Å². The van der Waals surface area contributed by atoms with Gasteiger partial charge >= 0.3 is 0 Å². The molecule has 0 aliphatic carbocycles. The summed E-state index contributed by atoms with van der Waals surface area (Å²) < 4.78 is 36.2. The molecule has 2 N–H and O–H groups in total. The molecule has 4 aromatic carbocycles. The quantitative estimate of drug-likeness (QED) is 0.263. The molecule has 7 heteroatoms. The average Bonchev–Trinajstić information content (AvgIpc) is 2.79. The van der Waals surface area contributed by atoms with Crippen molar-refractivity contribution in [3.8, 4) is 5.75 Å². The van der Waals surface area contributed by atoms with Gasteiger partial charge in [-0.2, -0.15) is 0 Å². The maximum absolute atomic E-state index is 12.1. The largest absolute Gasteiger partial charge is 0.508 e. The van der Waals surface area contributed by atoms with Crippen LogP contribution in [0.4, 0.5) is 13.2 Å². The van der Waals surface area contributed by atoms with Crippen molar-refractivity contribution in [3.05, 3.63) is 121 Å². The molecule has 0 bridgehead atoms. The fourth-order valence-corrected chi connectivity index (χ4v) is 6.10. The van der Waals surface area contributed by atoms with Crippen LogP contribution in [0.15, 0.2) is 103 Å². The van der Waals surface area contributed by atoms with Gasteiger partial charge in [0.15, 0.2) is 17.5 Å². The van der Waals surface area contributed by atoms with Gasteiger partial charge in [-0.05, 0) is 15.6 Å². The number of aromatic hydroxyl groups is 1. The predicted octanol–water partition coefficient (Wildman–Crippen LogP) is 3.45. The number of hydrogen-bond acceptors (Lipinski definition) is 2. The summed E-state index contributed by atoms with van der Waals surface area (Å²) >= 11 is 0. The Labute approximate surface area is 192 Å². The smallest absolute Gasteiger partial charge is 0.285 e. The second-order valence-corrected chi connectivity index (χ2v) is 9.68. The van der Waals surface area contributed by atoms with Crippen LogP contribution in [0.25, 0.3) is 0 Å². The third-order valence-electron chi connectivity index (χ3n) is 4.54. The minimum Gasteiger partial charge on any atom is -0.508 e. The molecular weight excluding hydrogens is 471 g/mol. The zero-order valence-electron chi connectivity index (χ0n) is 16.6. The normalized spacial score (nSPS) is 10.5. The van der Waals surface area contributed by atoms with Gasteiger partial charge in [0.05, 0.1) is 0 Å². The number of hydrogen-bond donors (Lipinski definition) is 2.